The van der Waals surface area contributed by atoms with Crippen molar-refractivity contribution in [3.05, 3.63) is 23.8 Å². The number of rotatable bonds is 4. The zero-order chi connectivity index (χ0) is 13.3. The molecule has 2 rings (SSSR count). The van der Waals surface area contributed by atoms with Crippen LogP contribution in [0.15, 0.2) is 23.1 Å². The molecule has 0 saturated carbocycles. The van der Waals surface area contributed by atoms with Crippen LogP contribution < -0.4 is 5.32 Å². The summed E-state index contributed by atoms with van der Waals surface area (Å²) >= 11 is 0. The molecule has 1 N–H and O–H groups in total. The van der Waals surface area contributed by atoms with E-state index in [1.54, 1.807) is 19.2 Å². The van der Waals surface area contributed by atoms with Gasteiger partial charge in [-0.2, -0.15) is 4.31 Å². The molecular weight excluding hydrogens is 248 g/mol. The van der Waals surface area contributed by atoms with Crippen molar-refractivity contribution in [3.63, 3.8) is 0 Å². The summed E-state index contributed by atoms with van der Waals surface area (Å²) in [7, 11) is -1.74. The topological polar surface area (TPSA) is 49.4 Å². The van der Waals surface area contributed by atoms with Gasteiger partial charge in [-0.1, -0.05) is 13.0 Å². The van der Waals surface area contributed by atoms with Crippen LogP contribution >= 0.6 is 0 Å². The van der Waals surface area contributed by atoms with E-state index in [-0.39, 0.29) is 6.04 Å². The van der Waals surface area contributed by atoms with Gasteiger partial charge < -0.3 is 5.32 Å². The highest BCUT2D eigenvalue weighted by molar-refractivity contribution is 7.89. The molecule has 1 aromatic rings. The number of nitrogens with zero attached hydrogens (tertiary/aromatic N) is 1. The summed E-state index contributed by atoms with van der Waals surface area (Å²) in [5.74, 6) is 0. The minimum Gasteiger partial charge on any atom is -0.384 e. The third-order valence-corrected chi connectivity index (χ3v) is 5.65. The van der Waals surface area contributed by atoms with Crippen LogP contribution in [0.1, 0.15) is 25.8 Å². The maximum absolute atomic E-state index is 12.4. The van der Waals surface area contributed by atoms with E-state index in [2.05, 4.69) is 5.32 Å². The number of nitrogens with one attached hydrogen (secondary N) is 1. The fourth-order valence-electron chi connectivity index (χ4n) is 2.09. The molecule has 0 spiro atoms. The number of sulfonamides is 1. The molecule has 0 saturated heterocycles. The third-order valence-electron chi connectivity index (χ3n) is 3.68. The van der Waals surface area contributed by atoms with Crippen LogP contribution in [0.2, 0.25) is 0 Å². The van der Waals surface area contributed by atoms with Crippen LogP contribution in [0.5, 0.6) is 0 Å². The van der Waals surface area contributed by atoms with Crippen molar-refractivity contribution < 1.29 is 8.42 Å². The molecule has 1 aromatic carbocycles. The Hall–Kier alpha value is -1.07. The number of fused-ring (bicyclic) bond motifs is 1. The van der Waals surface area contributed by atoms with Crippen molar-refractivity contribution in [2.24, 2.45) is 0 Å². The fourth-order valence-corrected chi connectivity index (χ4v) is 3.55. The first kappa shape index (κ1) is 13.4. The lowest BCUT2D eigenvalue weighted by Crippen LogP contribution is -2.34. The molecule has 1 atom stereocenters. The molecule has 0 bridgehead atoms. The van der Waals surface area contributed by atoms with Gasteiger partial charge in [0.25, 0.3) is 0 Å². The first-order valence-electron chi connectivity index (χ1n) is 6.31. The van der Waals surface area contributed by atoms with Crippen LogP contribution in [0.25, 0.3) is 0 Å². The van der Waals surface area contributed by atoms with Gasteiger partial charge in [0.2, 0.25) is 10.0 Å². The Bertz CT molecular complexity index is 540. The molecule has 100 valence electrons. The number of hydrogen-bond donors (Lipinski definition) is 1. The summed E-state index contributed by atoms with van der Waals surface area (Å²) in [4.78, 5) is 0.374. The predicted molar refractivity (Wildman–Crippen MR) is 73.3 cm³/mol. The van der Waals surface area contributed by atoms with Crippen LogP contribution in [0, 0.1) is 0 Å². The highest BCUT2D eigenvalue weighted by atomic mass is 32.2. The van der Waals surface area contributed by atoms with Crippen LogP contribution in [-0.2, 0) is 16.4 Å². The monoisotopic (exact) mass is 268 g/mol. The summed E-state index contributed by atoms with van der Waals surface area (Å²) in [6.45, 7) is 4.80. The van der Waals surface area contributed by atoms with Gasteiger partial charge in [0.1, 0.15) is 0 Å². The Morgan fingerprint density at radius 2 is 2.17 bits per heavy atom. The fraction of sp³-hybridized carbons (Fsp3) is 0.538. The smallest absolute Gasteiger partial charge is 0.243 e. The molecule has 0 fully saturated rings. The minimum absolute atomic E-state index is 0.0104. The molecule has 4 nitrogen and oxygen atoms in total. The molecule has 5 heteroatoms. The maximum Gasteiger partial charge on any atom is 0.243 e. The highest BCUT2D eigenvalue weighted by Gasteiger charge is 2.25. The second kappa shape index (κ2) is 4.90. The highest BCUT2D eigenvalue weighted by Crippen LogP contribution is 2.27. The Labute approximate surface area is 109 Å². The molecule has 0 amide bonds. The summed E-state index contributed by atoms with van der Waals surface area (Å²) in [5.41, 5.74) is 2.15. The molecule has 0 aromatic heterocycles. The van der Waals surface area contributed by atoms with E-state index in [9.17, 15) is 8.42 Å². The van der Waals surface area contributed by atoms with E-state index in [1.807, 2.05) is 19.9 Å². The number of benzene rings is 1. The molecule has 18 heavy (non-hydrogen) atoms. The van der Waals surface area contributed by atoms with E-state index in [0.29, 0.717) is 4.90 Å². The van der Waals surface area contributed by atoms with E-state index < -0.39 is 10.0 Å². The maximum atomic E-state index is 12.4. The van der Waals surface area contributed by atoms with Crippen molar-refractivity contribution in [3.8, 4) is 0 Å². The van der Waals surface area contributed by atoms with Gasteiger partial charge in [0.15, 0.2) is 0 Å². The van der Waals surface area contributed by atoms with Crippen molar-refractivity contribution in [1.29, 1.82) is 0 Å². The van der Waals surface area contributed by atoms with Gasteiger partial charge in [0.05, 0.1) is 4.90 Å². The summed E-state index contributed by atoms with van der Waals surface area (Å²) < 4.78 is 26.3. The Morgan fingerprint density at radius 3 is 2.83 bits per heavy atom. The van der Waals surface area contributed by atoms with Gasteiger partial charge in [-0.15, -0.1) is 0 Å². The van der Waals surface area contributed by atoms with Crippen LogP contribution in [0.4, 0.5) is 5.69 Å². The summed E-state index contributed by atoms with van der Waals surface area (Å²) in [6.07, 6.45) is 1.77. The average molecular weight is 268 g/mol. The number of hydrogen-bond acceptors (Lipinski definition) is 3. The summed E-state index contributed by atoms with van der Waals surface area (Å²) in [6, 6.07) is 5.37. The van der Waals surface area contributed by atoms with Crippen molar-refractivity contribution >= 4 is 15.7 Å². The Morgan fingerprint density at radius 1 is 1.44 bits per heavy atom. The molecule has 1 aliphatic rings. The Balaban J connectivity index is 2.36. The second-order valence-electron chi connectivity index (χ2n) is 4.77. The van der Waals surface area contributed by atoms with Crippen molar-refractivity contribution in [2.45, 2.75) is 37.6 Å². The predicted octanol–water partition coefficient (Wildman–Crippen LogP) is 2.07. The van der Waals surface area contributed by atoms with Crippen LogP contribution in [0.3, 0.4) is 0 Å². The first-order chi connectivity index (χ1) is 8.46. The lowest BCUT2D eigenvalue weighted by atomic mass is 10.2. The van der Waals surface area contributed by atoms with Crippen molar-refractivity contribution in [1.82, 2.24) is 4.31 Å². The zero-order valence-electron chi connectivity index (χ0n) is 11.1. The minimum atomic E-state index is -3.38. The SMILES string of the molecule is CCC(C)N(C)S(=O)(=O)c1ccc2c(c1)NCC2. The third kappa shape index (κ3) is 2.24. The molecule has 1 aliphatic heterocycles. The standard InChI is InChI=1S/C13H20N2O2S/c1-4-10(2)15(3)18(16,17)12-6-5-11-7-8-14-13(11)9-12/h5-6,9-10,14H,4,7-8H2,1-3H3. The average Bonchev–Trinajstić information content (AvgIpc) is 2.83. The normalized spacial score (nSPS) is 16.4. The summed E-state index contributed by atoms with van der Waals surface area (Å²) in [5, 5.41) is 3.21. The lowest BCUT2D eigenvalue weighted by molar-refractivity contribution is 0.380. The quantitative estimate of drug-likeness (QED) is 0.909. The largest absolute Gasteiger partial charge is 0.384 e. The van der Waals surface area contributed by atoms with Gasteiger partial charge in [-0.25, -0.2) is 8.42 Å². The second-order valence-corrected chi connectivity index (χ2v) is 6.77. The Kier molecular flexibility index (Phi) is 3.64. The van der Waals surface area contributed by atoms with E-state index in [1.165, 1.54) is 9.87 Å². The molecule has 1 unspecified atom stereocenters. The number of anilines is 1. The molecular formula is C13H20N2O2S. The lowest BCUT2D eigenvalue weighted by Gasteiger charge is -2.23. The van der Waals surface area contributed by atoms with Gasteiger partial charge in [0, 0.05) is 25.3 Å². The molecule has 1 heterocycles. The van der Waals surface area contributed by atoms with Crippen LogP contribution in [-0.4, -0.2) is 32.4 Å². The zero-order valence-corrected chi connectivity index (χ0v) is 11.9. The van der Waals surface area contributed by atoms with Gasteiger partial charge >= 0.3 is 0 Å². The molecule has 0 aliphatic carbocycles. The van der Waals surface area contributed by atoms with E-state index >= 15 is 0 Å². The first-order valence-corrected chi connectivity index (χ1v) is 7.75. The van der Waals surface area contributed by atoms with Crippen molar-refractivity contribution in [2.75, 3.05) is 18.9 Å². The van der Waals surface area contributed by atoms with Gasteiger partial charge in [-0.3, -0.25) is 0 Å². The van der Waals surface area contributed by atoms with E-state index in [0.717, 1.165) is 25.1 Å². The van der Waals surface area contributed by atoms with E-state index in [4.69, 9.17) is 0 Å². The molecule has 0 radical (unpaired) electrons. The van der Waals surface area contributed by atoms with Gasteiger partial charge in [-0.05, 0) is 37.5 Å².